The second-order valence-electron chi connectivity index (χ2n) is 3.84. The topological polar surface area (TPSA) is 50.9 Å². The van der Waals surface area contributed by atoms with Gasteiger partial charge in [-0.2, -0.15) is 0 Å². The third-order valence-corrected chi connectivity index (χ3v) is 3.12. The number of aryl methyl sites for hydroxylation is 2. The molecule has 0 unspecified atom stereocenters. The first-order valence-corrected chi connectivity index (χ1v) is 6.60. The highest BCUT2D eigenvalue weighted by Crippen LogP contribution is 2.12. The van der Waals surface area contributed by atoms with Gasteiger partial charge >= 0.3 is 0 Å². The molecule has 1 aromatic carbocycles. The first-order chi connectivity index (χ1) is 8.38. The number of hydrogen-bond acceptors (Lipinski definition) is 4. The molecule has 89 valence electrons. The lowest BCUT2D eigenvalue weighted by Crippen LogP contribution is -2.12. The number of thiazole rings is 1. The van der Waals surface area contributed by atoms with E-state index >= 15 is 0 Å². The van der Waals surface area contributed by atoms with Crippen LogP contribution < -0.4 is 11.1 Å². The fraction of sp³-hybridized carbons (Fsp3) is 0.308. The second-order valence-corrected chi connectivity index (χ2v) is 4.50. The zero-order valence-corrected chi connectivity index (χ0v) is 10.5. The molecule has 0 amide bonds. The normalized spacial score (nSPS) is 10.4. The monoisotopic (exact) mass is 246 g/mol. The summed E-state index contributed by atoms with van der Waals surface area (Å²) < 4.78 is 0. The minimum Gasteiger partial charge on any atom is -0.384 e. The molecule has 0 saturated carbocycles. The first-order valence-electron chi connectivity index (χ1n) is 5.72. The highest BCUT2D eigenvalue weighted by Gasteiger charge is 1.98. The van der Waals surface area contributed by atoms with Crippen LogP contribution in [-0.4, -0.2) is 18.1 Å². The van der Waals surface area contributed by atoms with E-state index in [1.807, 2.05) is 0 Å². The van der Waals surface area contributed by atoms with E-state index < -0.39 is 0 Å². The molecule has 0 fully saturated rings. The van der Waals surface area contributed by atoms with Gasteiger partial charge in [0.25, 0.3) is 0 Å². The quantitative estimate of drug-likeness (QED) is 0.820. The maximum absolute atomic E-state index is 5.44. The number of aromatic nitrogens is 1. The van der Waals surface area contributed by atoms with Gasteiger partial charge in [0.1, 0.15) is 0 Å². The van der Waals surface area contributed by atoms with Crippen LogP contribution >= 0.6 is 11.3 Å². The molecule has 2 rings (SSSR count). The first kappa shape index (κ1) is 12.1. The van der Waals surface area contributed by atoms with Crippen LogP contribution in [-0.2, 0) is 12.8 Å². The van der Waals surface area contributed by atoms with E-state index in [4.69, 9.17) is 5.73 Å². The van der Waals surface area contributed by atoms with Crippen molar-refractivity contribution in [3.8, 4) is 0 Å². The van der Waals surface area contributed by atoms with Gasteiger partial charge in [-0.05, 0) is 30.5 Å². The number of hydrogen-bond donors (Lipinski definition) is 2. The Kier molecular flexibility index (Phi) is 4.53. The summed E-state index contributed by atoms with van der Waals surface area (Å²) >= 11 is 1.53. The molecule has 17 heavy (non-hydrogen) atoms. The van der Waals surface area contributed by atoms with Crippen LogP contribution in [0.25, 0.3) is 0 Å². The van der Waals surface area contributed by atoms with E-state index in [0.717, 1.165) is 30.8 Å². The van der Waals surface area contributed by atoms with Crippen molar-refractivity contribution in [2.75, 3.05) is 18.4 Å². The summed E-state index contributed by atoms with van der Waals surface area (Å²) in [6, 6.07) is 8.49. The Morgan fingerprint density at radius 2 is 2.06 bits per heavy atom. The van der Waals surface area contributed by atoms with E-state index in [2.05, 4.69) is 45.5 Å². The summed E-state index contributed by atoms with van der Waals surface area (Å²) in [5, 5.41) is 5.30. The van der Waals surface area contributed by atoms with E-state index in [1.165, 1.54) is 16.9 Å². The van der Waals surface area contributed by atoms with Crippen molar-refractivity contribution in [3.05, 3.63) is 46.4 Å². The smallest absolute Gasteiger partial charge is 0.152 e. The van der Waals surface area contributed by atoms with Crippen molar-refractivity contribution < 1.29 is 0 Å². The number of anilines is 1. The van der Waals surface area contributed by atoms with Crippen molar-refractivity contribution in [1.29, 1.82) is 0 Å². The van der Waals surface area contributed by atoms with Crippen LogP contribution in [0.3, 0.4) is 0 Å². The molecule has 3 nitrogen and oxygen atoms in total. The van der Waals surface area contributed by atoms with Gasteiger partial charge in [-0.25, -0.2) is 4.98 Å². The lowest BCUT2D eigenvalue weighted by atomic mass is 10.1. The van der Waals surface area contributed by atoms with Crippen molar-refractivity contribution in [1.82, 2.24) is 4.98 Å². The molecule has 1 heterocycles. The summed E-state index contributed by atoms with van der Waals surface area (Å²) in [5.41, 5.74) is 11.9. The Hall–Kier alpha value is -1.39. The molecular weight excluding hydrogens is 230 g/mol. The molecule has 0 aliphatic heterocycles. The molecule has 0 bridgehead atoms. The Morgan fingerprint density at radius 3 is 2.71 bits per heavy atom. The molecule has 0 aliphatic rings. The number of nitrogens with zero attached hydrogens (tertiary/aromatic N) is 1. The van der Waals surface area contributed by atoms with Crippen LogP contribution in [0.5, 0.6) is 0 Å². The predicted molar refractivity (Wildman–Crippen MR) is 72.3 cm³/mol. The molecule has 1 radical (unpaired) electrons. The van der Waals surface area contributed by atoms with Crippen molar-refractivity contribution in [2.45, 2.75) is 12.8 Å². The molecule has 2 aromatic rings. The summed E-state index contributed by atoms with van der Waals surface area (Å²) in [4.78, 5) is 4.16. The minimum absolute atomic E-state index is 0.655. The maximum Gasteiger partial charge on any atom is 0.152 e. The summed E-state index contributed by atoms with van der Waals surface area (Å²) in [7, 11) is 0. The van der Waals surface area contributed by atoms with Gasteiger partial charge in [0, 0.05) is 24.2 Å². The van der Waals surface area contributed by atoms with Crippen molar-refractivity contribution >= 4 is 17.0 Å². The highest BCUT2D eigenvalue weighted by atomic mass is 32.1. The van der Waals surface area contributed by atoms with E-state index in [9.17, 15) is 0 Å². The Labute approximate surface area is 106 Å². The summed E-state index contributed by atoms with van der Waals surface area (Å²) in [6.07, 6.45) is 2.00. The standard InChI is InChI=1S/C13H16N3S/c14-7-8-15-12-4-1-11(2-5-12)3-6-13-9-17-10-16-13/h1-2,4-5,9,15H,3,6-8,14H2. The summed E-state index contributed by atoms with van der Waals surface area (Å²) in [6.45, 7) is 1.47. The van der Waals surface area contributed by atoms with E-state index in [-0.39, 0.29) is 0 Å². The van der Waals surface area contributed by atoms with Crippen LogP contribution in [0, 0.1) is 5.51 Å². The van der Waals surface area contributed by atoms with Gasteiger partial charge in [-0.1, -0.05) is 12.1 Å². The van der Waals surface area contributed by atoms with Gasteiger partial charge in [-0.3, -0.25) is 0 Å². The molecule has 0 atom stereocenters. The Bertz CT molecular complexity index is 422. The van der Waals surface area contributed by atoms with E-state index in [0.29, 0.717) is 6.54 Å². The van der Waals surface area contributed by atoms with Gasteiger partial charge in [-0.15, -0.1) is 11.3 Å². The van der Waals surface area contributed by atoms with Crippen molar-refractivity contribution in [3.63, 3.8) is 0 Å². The molecule has 0 spiro atoms. The van der Waals surface area contributed by atoms with Gasteiger partial charge < -0.3 is 11.1 Å². The second kappa shape index (κ2) is 6.37. The predicted octanol–water partition coefficient (Wildman–Crippen LogP) is 2.10. The van der Waals surface area contributed by atoms with Gasteiger partial charge in [0.15, 0.2) is 5.51 Å². The molecule has 4 heteroatoms. The van der Waals surface area contributed by atoms with Crippen LogP contribution in [0.2, 0.25) is 0 Å². The van der Waals surface area contributed by atoms with Crippen molar-refractivity contribution in [2.24, 2.45) is 5.73 Å². The van der Waals surface area contributed by atoms with Gasteiger partial charge in [0.2, 0.25) is 0 Å². The third kappa shape index (κ3) is 3.84. The molecule has 0 aliphatic carbocycles. The number of nitrogens with one attached hydrogen (secondary N) is 1. The minimum atomic E-state index is 0.655. The zero-order chi connectivity index (χ0) is 11.9. The molecule has 0 saturated heterocycles. The molecular formula is C13H16N3S. The molecule has 3 N–H and O–H groups in total. The van der Waals surface area contributed by atoms with E-state index in [1.54, 1.807) is 0 Å². The summed E-state index contributed by atoms with van der Waals surface area (Å²) in [5.74, 6) is 0. The van der Waals surface area contributed by atoms with Crippen LogP contribution in [0.1, 0.15) is 11.3 Å². The Morgan fingerprint density at radius 1 is 1.24 bits per heavy atom. The lowest BCUT2D eigenvalue weighted by Gasteiger charge is -2.05. The SMILES string of the molecule is NCCNc1ccc(CCc2cs[c]n2)cc1. The van der Waals surface area contributed by atoms with Crippen LogP contribution in [0.15, 0.2) is 29.6 Å². The Balaban J connectivity index is 1.85. The van der Waals surface area contributed by atoms with Gasteiger partial charge in [0.05, 0.1) is 5.69 Å². The largest absolute Gasteiger partial charge is 0.384 e. The average Bonchev–Trinajstić information content (AvgIpc) is 2.88. The average molecular weight is 246 g/mol. The lowest BCUT2D eigenvalue weighted by molar-refractivity contribution is 0.924. The zero-order valence-electron chi connectivity index (χ0n) is 9.65. The number of rotatable bonds is 6. The maximum atomic E-state index is 5.44. The fourth-order valence-corrected chi connectivity index (χ4v) is 2.13. The number of nitrogens with two attached hydrogens (primary N) is 1. The number of benzene rings is 1. The third-order valence-electron chi connectivity index (χ3n) is 2.53. The molecule has 1 aromatic heterocycles. The van der Waals surface area contributed by atoms with Crippen LogP contribution in [0.4, 0.5) is 5.69 Å². The highest BCUT2D eigenvalue weighted by molar-refractivity contribution is 7.07. The fourth-order valence-electron chi connectivity index (χ4n) is 1.60.